The van der Waals surface area contributed by atoms with Crippen molar-refractivity contribution in [2.45, 2.75) is 31.4 Å². The molecule has 20 heavy (non-hydrogen) atoms. The van der Waals surface area contributed by atoms with Crippen molar-refractivity contribution in [2.75, 3.05) is 0 Å². The predicted octanol–water partition coefficient (Wildman–Crippen LogP) is 5.39. The molecule has 0 spiro atoms. The average molecular weight is 310 g/mol. The van der Waals surface area contributed by atoms with Gasteiger partial charge in [-0.05, 0) is 18.6 Å². The summed E-state index contributed by atoms with van der Waals surface area (Å²) in [5.41, 5.74) is -5.87. The highest BCUT2D eigenvalue weighted by atomic mass is 19.4. The van der Waals surface area contributed by atoms with Crippen LogP contribution >= 0.6 is 0 Å². The van der Waals surface area contributed by atoms with E-state index >= 15 is 0 Å². The maximum Gasteiger partial charge on any atom is 0.417 e. The lowest BCUT2D eigenvalue weighted by Crippen LogP contribution is -2.25. The summed E-state index contributed by atoms with van der Waals surface area (Å²) in [6.45, 7) is 0.380. The van der Waals surface area contributed by atoms with Crippen molar-refractivity contribution in [1.29, 1.82) is 0 Å². The Morgan fingerprint density at radius 3 is 1.65 bits per heavy atom. The fourth-order valence-electron chi connectivity index (χ4n) is 1.66. The standard InChI is InChI=1S/C11H7F9/c1-5(9(12,13)14)6-3-2-4-7(10(15,16)17)8(6)11(18,19)20/h2-5H,1H3. The molecule has 0 N–H and O–H groups in total. The second-order valence-electron chi connectivity index (χ2n) is 4.03. The molecule has 0 aliphatic rings. The monoisotopic (exact) mass is 310 g/mol. The van der Waals surface area contributed by atoms with Gasteiger partial charge in [0.05, 0.1) is 17.0 Å². The maximum absolute atomic E-state index is 12.7. The van der Waals surface area contributed by atoms with Gasteiger partial charge in [0.15, 0.2) is 0 Å². The van der Waals surface area contributed by atoms with Crippen LogP contribution in [0, 0.1) is 0 Å². The molecule has 0 fully saturated rings. The molecule has 0 nitrogen and oxygen atoms in total. The second kappa shape index (κ2) is 4.85. The fraction of sp³-hybridized carbons (Fsp3) is 0.455. The SMILES string of the molecule is CC(c1cccc(C(F)(F)F)c1C(F)(F)F)C(F)(F)F. The van der Waals surface area contributed by atoms with Crippen molar-refractivity contribution in [3.05, 3.63) is 34.9 Å². The van der Waals surface area contributed by atoms with Crippen LogP contribution in [0.5, 0.6) is 0 Å². The second-order valence-corrected chi connectivity index (χ2v) is 4.03. The zero-order valence-corrected chi connectivity index (χ0v) is 9.71. The minimum atomic E-state index is -5.54. The summed E-state index contributed by atoms with van der Waals surface area (Å²) in [6.07, 6.45) is -16.0. The maximum atomic E-state index is 12.7. The van der Waals surface area contributed by atoms with Crippen molar-refractivity contribution >= 4 is 0 Å². The Morgan fingerprint density at radius 1 is 0.800 bits per heavy atom. The van der Waals surface area contributed by atoms with E-state index in [1.165, 1.54) is 0 Å². The van der Waals surface area contributed by atoms with Crippen molar-refractivity contribution in [3.63, 3.8) is 0 Å². The van der Waals surface area contributed by atoms with Crippen LogP contribution in [0.1, 0.15) is 29.5 Å². The Labute approximate surface area is 107 Å². The normalized spacial score (nSPS) is 15.3. The van der Waals surface area contributed by atoms with E-state index in [2.05, 4.69) is 0 Å². The van der Waals surface area contributed by atoms with Gasteiger partial charge >= 0.3 is 18.5 Å². The first-order chi connectivity index (χ1) is 8.76. The van der Waals surface area contributed by atoms with Crippen LogP contribution in [0.4, 0.5) is 39.5 Å². The van der Waals surface area contributed by atoms with Crippen LogP contribution in [0.2, 0.25) is 0 Å². The van der Waals surface area contributed by atoms with Gasteiger partial charge in [0.2, 0.25) is 0 Å². The molecule has 0 aromatic heterocycles. The lowest BCUT2D eigenvalue weighted by Gasteiger charge is -2.23. The van der Waals surface area contributed by atoms with Crippen LogP contribution < -0.4 is 0 Å². The summed E-state index contributed by atoms with van der Waals surface area (Å²) >= 11 is 0. The van der Waals surface area contributed by atoms with Gasteiger partial charge in [-0.25, -0.2) is 0 Å². The highest BCUT2D eigenvalue weighted by Gasteiger charge is 2.48. The number of halogens is 9. The Balaban J connectivity index is 3.63. The van der Waals surface area contributed by atoms with Gasteiger partial charge in [-0.2, -0.15) is 39.5 Å². The van der Waals surface area contributed by atoms with E-state index in [9.17, 15) is 39.5 Å². The summed E-state index contributed by atoms with van der Waals surface area (Å²) in [5.74, 6) is -2.67. The quantitative estimate of drug-likeness (QED) is 0.610. The summed E-state index contributed by atoms with van der Waals surface area (Å²) < 4.78 is 113. The Morgan fingerprint density at radius 2 is 1.30 bits per heavy atom. The first-order valence-corrected chi connectivity index (χ1v) is 5.10. The zero-order chi connectivity index (χ0) is 15.9. The smallest absolute Gasteiger partial charge is 0.170 e. The molecule has 1 rings (SSSR count). The summed E-state index contributed by atoms with van der Waals surface area (Å²) in [6, 6.07) is 1.03. The molecule has 1 unspecified atom stereocenters. The third kappa shape index (κ3) is 3.37. The molecule has 1 aromatic rings. The molecule has 114 valence electrons. The van der Waals surface area contributed by atoms with Crippen molar-refractivity contribution < 1.29 is 39.5 Å². The molecule has 0 saturated heterocycles. The van der Waals surface area contributed by atoms with Gasteiger partial charge in [0, 0.05) is 0 Å². The average Bonchev–Trinajstić information content (AvgIpc) is 2.23. The van der Waals surface area contributed by atoms with E-state index in [0.29, 0.717) is 19.1 Å². The largest absolute Gasteiger partial charge is 0.417 e. The van der Waals surface area contributed by atoms with Crippen molar-refractivity contribution in [3.8, 4) is 0 Å². The van der Waals surface area contributed by atoms with E-state index < -0.39 is 41.1 Å². The molecule has 1 aromatic carbocycles. The zero-order valence-electron chi connectivity index (χ0n) is 9.71. The van der Waals surface area contributed by atoms with Gasteiger partial charge in [0.25, 0.3) is 0 Å². The molecule has 1 atom stereocenters. The van der Waals surface area contributed by atoms with Crippen LogP contribution in [0.3, 0.4) is 0 Å². The third-order valence-electron chi connectivity index (χ3n) is 2.64. The highest BCUT2D eigenvalue weighted by molar-refractivity contribution is 5.41. The lowest BCUT2D eigenvalue weighted by atomic mass is 9.91. The molecule has 0 radical (unpaired) electrons. The molecular formula is C11H7F9. The van der Waals surface area contributed by atoms with Crippen LogP contribution in [-0.4, -0.2) is 6.18 Å². The Kier molecular flexibility index (Phi) is 4.04. The molecular weight excluding hydrogens is 303 g/mol. The summed E-state index contributed by atoms with van der Waals surface area (Å²) in [5, 5.41) is 0. The Bertz CT molecular complexity index is 478. The molecule has 0 amide bonds. The van der Waals surface area contributed by atoms with Gasteiger partial charge in [0.1, 0.15) is 0 Å². The first kappa shape index (κ1) is 16.6. The molecule has 0 saturated carbocycles. The van der Waals surface area contributed by atoms with Gasteiger partial charge in [-0.15, -0.1) is 0 Å². The van der Waals surface area contributed by atoms with Crippen LogP contribution in [0.25, 0.3) is 0 Å². The molecule has 0 aliphatic heterocycles. The third-order valence-corrected chi connectivity index (χ3v) is 2.64. The lowest BCUT2D eigenvalue weighted by molar-refractivity contribution is -0.167. The first-order valence-electron chi connectivity index (χ1n) is 5.10. The molecule has 0 heterocycles. The van der Waals surface area contributed by atoms with Gasteiger partial charge < -0.3 is 0 Å². The van der Waals surface area contributed by atoms with E-state index in [1.807, 2.05) is 0 Å². The number of hydrogen-bond acceptors (Lipinski definition) is 0. The fourth-order valence-corrected chi connectivity index (χ4v) is 1.66. The molecule has 0 bridgehead atoms. The number of benzene rings is 1. The number of hydrogen-bond donors (Lipinski definition) is 0. The minimum Gasteiger partial charge on any atom is -0.170 e. The number of alkyl halides is 9. The van der Waals surface area contributed by atoms with Gasteiger partial charge in [-0.1, -0.05) is 12.1 Å². The predicted molar refractivity (Wildman–Crippen MR) is 50.9 cm³/mol. The van der Waals surface area contributed by atoms with Crippen LogP contribution in [0.15, 0.2) is 18.2 Å². The van der Waals surface area contributed by atoms with Gasteiger partial charge in [-0.3, -0.25) is 0 Å². The van der Waals surface area contributed by atoms with Crippen LogP contribution in [-0.2, 0) is 12.4 Å². The van der Waals surface area contributed by atoms with Crippen molar-refractivity contribution in [2.24, 2.45) is 0 Å². The molecule has 0 aliphatic carbocycles. The minimum absolute atomic E-state index is 0.107. The van der Waals surface area contributed by atoms with E-state index in [1.54, 1.807) is 0 Å². The highest BCUT2D eigenvalue weighted by Crippen LogP contribution is 2.46. The molecule has 9 heteroatoms. The van der Waals surface area contributed by atoms with E-state index in [0.717, 1.165) is 0 Å². The van der Waals surface area contributed by atoms with Crippen molar-refractivity contribution in [1.82, 2.24) is 0 Å². The topological polar surface area (TPSA) is 0 Å². The summed E-state index contributed by atoms with van der Waals surface area (Å²) in [7, 11) is 0. The Hall–Kier alpha value is -1.41. The number of rotatable bonds is 1. The van der Waals surface area contributed by atoms with E-state index in [4.69, 9.17) is 0 Å². The van der Waals surface area contributed by atoms with E-state index in [-0.39, 0.29) is 6.07 Å². The summed E-state index contributed by atoms with van der Waals surface area (Å²) in [4.78, 5) is 0.